The van der Waals surface area contributed by atoms with Crippen molar-refractivity contribution in [2.45, 2.75) is 68.8 Å². The largest absolute Gasteiger partial charge is 0.454 e. The Morgan fingerprint density at radius 3 is 2.14 bits per heavy atom. The summed E-state index contributed by atoms with van der Waals surface area (Å²) in [4.78, 5) is 57.0. The molecule has 11 nitrogen and oxygen atoms in total. The van der Waals surface area contributed by atoms with Crippen LogP contribution in [0.15, 0.2) is 128 Å². The predicted octanol–water partition coefficient (Wildman–Crippen LogP) is 6.80. The normalized spacial score (nSPS) is 16.2. The molecule has 0 saturated heterocycles. The third-order valence-electron chi connectivity index (χ3n) is 11.1. The predicted molar refractivity (Wildman–Crippen MR) is 225 cm³/mol. The first-order chi connectivity index (χ1) is 28.8. The van der Waals surface area contributed by atoms with Crippen LogP contribution in [0.2, 0.25) is 0 Å². The van der Waals surface area contributed by atoms with Gasteiger partial charge in [0.2, 0.25) is 11.8 Å². The van der Waals surface area contributed by atoms with Crippen molar-refractivity contribution >= 4 is 23.9 Å². The van der Waals surface area contributed by atoms with Gasteiger partial charge in [-0.1, -0.05) is 115 Å². The highest BCUT2D eigenvalue weighted by atomic mass is 16.6. The number of carbonyl (C=O) groups is 4. The summed E-state index contributed by atoms with van der Waals surface area (Å²) in [7, 11) is 1.47. The molecule has 3 amide bonds. The summed E-state index contributed by atoms with van der Waals surface area (Å²) < 4.78 is 17.5. The van der Waals surface area contributed by atoms with E-state index < -0.39 is 48.1 Å². The van der Waals surface area contributed by atoms with Crippen LogP contribution in [0.5, 0.6) is 0 Å². The van der Waals surface area contributed by atoms with Gasteiger partial charge in [0.1, 0.15) is 18.8 Å². The molecular formula is C48H53N3O8. The second kappa shape index (κ2) is 20.6. The van der Waals surface area contributed by atoms with E-state index in [1.807, 2.05) is 66.7 Å². The zero-order valence-corrected chi connectivity index (χ0v) is 33.5. The number of aliphatic hydroxyl groups excluding tert-OH is 1. The van der Waals surface area contributed by atoms with E-state index >= 15 is 0 Å². The van der Waals surface area contributed by atoms with E-state index in [-0.39, 0.29) is 50.9 Å². The minimum atomic E-state index is -1.10. The number of nitrogens with zero attached hydrogens (tertiary/aromatic N) is 1. The molecule has 0 aromatic heterocycles. The SMILES string of the molecule is C=CCCC(NC(=O)OCC1c2ccccc2-c2ccccc21)C(=O)OC(c1ccccc1)C(COC)NC(=O)C(CC=C)CC(=O)N1Cc2ccccc2CC1CO. The summed E-state index contributed by atoms with van der Waals surface area (Å²) in [5.41, 5.74) is 6.99. The molecule has 11 heteroatoms. The standard InChI is InChI=1S/C48H53N3O8/c1-4-6-25-42(50-48(56)58-30-41-39-23-14-12-21-37(39)38-22-13-15-24-40(38)41)47(55)59-45(32-17-8-7-9-18-32)43(31-57-3)49-46(54)34(16-5-2)27-44(53)51-28-35-20-11-10-19-33(35)26-36(51)29-52/h4-5,7-15,17-24,34,36,41-43,45,52H,1-2,6,16,25-31H2,3H3,(H,49,54)(H,50,56). The Labute approximate surface area is 346 Å². The molecule has 4 aromatic carbocycles. The van der Waals surface area contributed by atoms with Crippen LogP contribution >= 0.6 is 0 Å². The summed E-state index contributed by atoms with van der Waals surface area (Å²) in [6.07, 6.45) is 2.60. The Morgan fingerprint density at radius 1 is 0.847 bits per heavy atom. The highest BCUT2D eigenvalue weighted by Crippen LogP contribution is 2.44. The Balaban J connectivity index is 1.16. The van der Waals surface area contributed by atoms with Crippen molar-refractivity contribution in [3.05, 3.63) is 156 Å². The van der Waals surface area contributed by atoms with Gasteiger partial charge >= 0.3 is 12.1 Å². The van der Waals surface area contributed by atoms with Crippen LogP contribution in [-0.4, -0.2) is 78.9 Å². The van der Waals surface area contributed by atoms with Crippen molar-refractivity contribution < 1.29 is 38.5 Å². The fourth-order valence-corrected chi connectivity index (χ4v) is 8.09. The smallest absolute Gasteiger partial charge is 0.407 e. The lowest BCUT2D eigenvalue weighted by Crippen LogP contribution is -2.50. The first-order valence-corrected chi connectivity index (χ1v) is 20.1. The van der Waals surface area contributed by atoms with Crippen molar-refractivity contribution in [2.24, 2.45) is 5.92 Å². The van der Waals surface area contributed by atoms with Gasteiger partial charge in [-0.05, 0) is 64.6 Å². The molecule has 0 radical (unpaired) electrons. The van der Waals surface area contributed by atoms with Gasteiger partial charge in [-0.15, -0.1) is 13.2 Å². The summed E-state index contributed by atoms with van der Waals surface area (Å²) in [6.45, 7) is 7.77. The summed E-state index contributed by atoms with van der Waals surface area (Å²) >= 11 is 0. The molecule has 1 aliphatic heterocycles. The van der Waals surface area contributed by atoms with E-state index in [0.29, 0.717) is 24.9 Å². The van der Waals surface area contributed by atoms with E-state index in [2.05, 4.69) is 35.9 Å². The monoisotopic (exact) mass is 799 g/mol. The first kappa shape index (κ1) is 42.6. The number of carbonyl (C=O) groups excluding carboxylic acids is 4. The number of nitrogens with one attached hydrogen (secondary N) is 2. The number of benzene rings is 4. The van der Waals surface area contributed by atoms with Crippen LogP contribution in [0.1, 0.15) is 65.5 Å². The minimum Gasteiger partial charge on any atom is -0.454 e. The third kappa shape index (κ3) is 10.3. The van der Waals surface area contributed by atoms with Crippen LogP contribution in [0, 0.1) is 5.92 Å². The minimum absolute atomic E-state index is 0.0417. The number of fused-ring (bicyclic) bond motifs is 4. The molecule has 5 unspecified atom stereocenters. The Morgan fingerprint density at radius 2 is 1.49 bits per heavy atom. The molecule has 0 saturated carbocycles. The molecule has 2 aliphatic rings. The number of ether oxygens (including phenoxy) is 3. The van der Waals surface area contributed by atoms with Gasteiger partial charge in [-0.25, -0.2) is 9.59 Å². The van der Waals surface area contributed by atoms with Gasteiger partial charge in [-0.3, -0.25) is 9.59 Å². The quantitative estimate of drug-likeness (QED) is 0.0695. The van der Waals surface area contributed by atoms with Gasteiger partial charge in [0, 0.05) is 26.0 Å². The number of amides is 3. The number of hydrogen-bond acceptors (Lipinski definition) is 8. The zero-order chi connectivity index (χ0) is 41.7. The Kier molecular flexibility index (Phi) is 14.9. The zero-order valence-electron chi connectivity index (χ0n) is 33.5. The van der Waals surface area contributed by atoms with Gasteiger partial charge in [-0.2, -0.15) is 0 Å². The van der Waals surface area contributed by atoms with Crippen LogP contribution in [0.25, 0.3) is 11.1 Å². The molecule has 1 heterocycles. The molecular weight excluding hydrogens is 747 g/mol. The van der Waals surface area contributed by atoms with Crippen LogP contribution in [0.3, 0.4) is 0 Å². The van der Waals surface area contributed by atoms with Crippen molar-refractivity contribution in [3.8, 4) is 11.1 Å². The highest BCUT2D eigenvalue weighted by molar-refractivity contribution is 5.87. The Bertz CT molecular complexity index is 2060. The van der Waals surface area contributed by atoms with E-state index in [1.165, 1.54) is 7.11 Å². The maximum Gasteiger partial charge on any atom is 0.407 e. The molecule has 6 rings (SSSR count). The maximum absolute atomic E-state index is 14.1. The lowest BCUT2D eigenvalue weighted by atomic mass is 9.92. The number of allylic oxidation sites excluding steroid dienone is 2. The average molecular weight is 800 g/mol. The van der Waals surface area contributed by atoms with Gasteiger partial charge in [0.15, 0.2) is 0 Å². The average Bonchev–Trinajstić information content (AvgIpc) is 3.58. The third-order valence-corrected chi connectivity index (χ3v) is 11.1. The molecule has 1 aliphatic carbocycles. The van der Waals surface area contributed by atoms with Crippen LogP contribution in [-0.2, 0) is 41.6 Å². The number of alkyl carbamates (subject to hydrolysis) is 1. The number of esters is 1. The number of methoxy groups -OCH3 is 1. The molecule has 5 atom stereocenters. The van der Waals surface area contributed by atoms with Crippen molar-refractivity contribution in [3.63, 3.8) is 0 Å². The van der Waals surface area contributed by atoms with E-state index in [1.54, 1.807) is 41.3 Å². The molecule has 4 aromatic rings. The van der Waals surface area contributed by atoms with E-state index in [4.69, 9.17) is 14.2 Å². The Hall–Kier alpha value is -6.04. The summed E-state index contributed by atoms with van der Waals surface area (Å²) in [6, 6.07) is 30.4. The van der Waals surface area contributed by atoms with Gasteiger partial charge in [0.25, 0.3) is 0 Å². The molecule has 0 bridgehead atoms. The fourth-order valence-electron chi connectivity index (χ4n) is 8.09. The van der Waals surface area contributed by atoms with Gasteiger partial charge < -0.3 is 34.9 Å². The summed E-state index contributed by atoms with van der Waals surface area (Å²) in [5, 5.41) is 15.9. The number of hydrogen-bond donors (Lipinski definition) is 3. The number of rotatable bonds is 19. The molecule has 0 fully saturated rings. The topological polar surface area (TPSA) is 144 Å². The van der Waals surface area contributed by atoms with Crippen molar-refractivity contribution in [1.82, 2.24) is 15.5 Å². The second-order valence-electron chi connectivity index (χ2n) is 15.0. The molecule has 308 valence electrons. The lowest BCUT2D eigenvalue weighted by Gasteiger charge is -2.37. The maximum atomic E-state index is 14.1. The molecule has 3 N–H and O–H groups in total. The molecule has 0 spiro atoms. The summed E-state index contributed by atoms with van der Waals surface area (Å²) in [5.74, 6) is -2.42. The van der Waals surface area contributed by atoms with Crippen molar-refractivity contribution in [1.29, 1.82) is 0 Å². The fraction of sp³-hybridized carbons (Fsp3) is 0.333. The van der Waals surface area contributed by atoms with E-state index in [0.717, 1.165) is 33.4 Å². The van der Waals surface area contributed by atoms with Crippen LogP contribution in [0.4, 0.5) is 4.79 Å². The highest BCUT2D eigenvalue weighted by Gasteiger charge is 2.36. The molecule has 59 heavy (non-hydrogen) atoms. The lowest BCUT2D eigenvalue weighted by molar-refractivity contribution is -0.155. The number of aliphatic hydroxyl groups is 1. The first-order valence-electron chi connectivity index (χ1n) is 20.1. The van der Waals surface area contributed by atoms with Crippen molar-refractivity contribution in [2.75, 3.05) is 26.9 Å². The van der Waals surface area contributed by atoms with Gasteiger partial charge in [0.05, 0.1) is 31.2 Å². The van der Waals surface area contributed by atoms with Crippen LogP contribution < -0.4 is 10.6 Å². The van der Waals surface area contributed by atoms with E-state index in [9.17, 15) is 24.3 Å². The second-order valence-corrected chi connectivity index (χ2v) is 15.0.